The van der Waals surface area contributed by atoms with Gasteiger partial charge in [0, 0.05) is 19.4 Å². The number of nitrogens with one attached hydrogen (secondary N) is 1. The Hall–Kier alpha value is -2.45. The average molecular weight is 330 g/mol. The number of carboxylic acid groups (broad SMARTS) is 1. The van der Waals surface area contributed by atoms with Gasteiger partial charge < -0.3 is 19.7 Å². The van der Waals surface area contributed by atoms with Crippen LogP contribution in [0.15, 0.2) is 22.8 Å². The Bertz CT molecular complexity index is 576. The second-order valence-corrected chi connectivity index (χ2v) is 5.28. The van der Waals surface area contributed by atoms with E-state index in [2.05, 4.69) is 5.32 Å². The summed E-state index contributed by atoms with van der Waals surface area (Å²) in [7, 11) is 0. The number of hydrogen-bond acceptors (Lipinski definition) is 4. The molecule has 0 radical (unpaired) electrons. The smallest absolute Gasteiger partial charge is 0.326 e. The van der Waals surface area contributed by atoms with Crippen molar-refractivity contribution in [3.05, 3.63) is 24.2 Å². The zero-order chi connectivity index (χ0) is 17.0. The first-order chi connectivity index (χ1) is 10.9. The number of amides is 2. The molecule has 7 nitrogen and oxygen atoms in total. The first-order valence-corrected chi connectivity index (χ1v) is 6.98. The molecule has 2 N–H and O–H groups in total. The van der Waals surface area contributed by atoms with E-state index in [1.807, 2.05) is 0 Å². The summed E-state index contributed by atoms with van der Waals surface area (Å²) in [5.74, 6) is -2.73. The molecule has 1 saturated heterocycles. The largest absolute Gasteiger partial charge is 0.480 e. The molecule has 0 aliphatic carbocycles. The molecule has 0 saturated carbocycles. The first kappa shape index (κ1) is 16.9. The lowest BCUT2D eigenvalue weighted by molar-refractivity contribution is -0.143. The van der Waals surface area contributed by atoms with Gasteiger partial charge in [-0.1, -0.05) is 0 Å². The molecule has 2 rings (SSSR count). The molecule has 2 heterocycles. The summed E-state index contributed by atoms with van der Waals surface area (Å²) in [6.07, 6.45) is -2.45. The molecule has 9 heteroatoms. The molecule has 1 aliphatic heterocycles. The van der Waals surface area contributed by atoms with Crippen LogP contribution in [0.25, 0.3) is 0 Å². The third kappa shape index (κ3) is 4.51. The highest BCUT2D eigenvalue weighted by atomic mass is 19.3. The normalized spacial score (nSPS) is 19.2. The van der Waals surface area contributed by atoms with Gasteiger partial charge in [0.1, 0.15) is 11.8 Å². The van der Waals surface area contributed by atoms with Gasteiger partial charge in [0.05, 0.1) is 18.7 Å². The van der Waals surface area contributed by atoms with Gasteiger partial charge in [-0.3, -0.25) is 9.59 Å². The van der Waals surface area contributed by atoms with Crippen LogP contribution in [0, 0.1) is 5.92 Å². The van der Waals surface area contributed by atoms with Crippen LogP contribution >= 0.6 is 0 Å². The average Bonchev–Trinajstić information content (AvgIpc) is 3.08. The Kier molecular flexibility index (Phi) is 5.30. The number of hydrogen-bond donors (Lipinski definition) is 2. The molecule has 1 fully saturated rings. The van der Waals surface area contributed by atoms with E-state index >= 15 is 0 Å². The third-order valence-electron chi connectivity index (χ3n) is 3.54. The lowest BCUT2D eigenvalue weighted by Gasteiger charge is -2.17. The molecule has 23 heavy (non-hydrogen) atoms. The van der Waals surface area contributed by atoms with Crippen LogP contribution in [0.4, 0.5) is 8.78 Å². The molecule has 126 valence electrons. The fourth-order valence-corrected chi connectivity index (χ4v) is 2.38. The summed E-state index contributed by atoms with van der Waals surface area (Å²) in [6, 6.07) is 1.68. The van der Waals surface area contributed by atoms with Gasteiger partial charge in [-0.2, -0.15) is 0 Å². The van der Waals surface area contributed by atoms with E-state index in [-0.39, 0.29) is 25.4 Å². The van der Waals surface area contributed by atoms with E-state index in [9.17, 15) is 23.2 Å². The summed E-state index contributed by atoms with van der Waals surface area (Å²) in [5.41, 5.74) is 0. The number of rotatable bonds is 7. The lowest BCUT2D eigenvalue weighted by atomic mass is 10.1. The minimum Gasteiger partial charge on any atom is -0.480 e. The molecular formula is C14H16F2N2O5. The fourth-order valence-electron chi connectivity index (χ4n) is 2.38. The number of aliphatic carboxylic acids is 1. The highest BCUT2D eigenvalue weighted by Crippen LogP contribution is 2.21. The van der Waals surface area contributed by atoms with Gasteiger partial charge in [-0.15, -0.1) is 0 Å². The number of carbonyl (C=O) groups is 3. The lowest BCUT2D eigenvalue weighted by Crippen LogP contribution is -2.45. The number of alkyl halides is 2. The quantitative estimate of drug-likeness (QED) is 0.772. The van der Waals surface area contributed by atoms with E-state index in [0.29, 0.717) is 5.76 Å². The minimum atomic E-state index is -2.85. The summed E-state index contributed by atoms with van der Waals surface area (Å²) in [4.78, 5) is 36.2. The third-order valence-corrected chi connectivity index (χ3v) is 3.54. The molecule has 1 aromatic heterocycles. The molecule has 1 aromatic rings. The van der Waals surface area contributed by atoms with E-state index in [4.69, 9.17) is 9.52 Å². The van der Waals surface area contributed by atoms with Crippen molar-refractivity contribution < 1.29 is 32.7 Å². The Morgan fingerprint density at radius 3 is 2.78 bits per heavy atom. The number of halogens is 2. The van der Waals surface area contributed by atoms with E-state index in [1.54, 1.807) is 12.1 Å². The molecular weight excluding hydrogens is 314 g/mol. The van der Waals surface area contributed by atoms with Crippen molar-refractivity contribution in [2.75, 3.05) is 6.54 Å². The van der Waals surface area contributed by atoms with Crippen molar-refractivity contribution in [1.82, 2.24) is 10.2 Å². The number of carboxylic acids is 1. The van der Waals surface area contributed by atoms with Gasteiger partial charge in [0.15, 0.2) is 0 Å². The van der Waals surface area contributed by atoms with Crippen molar-refractivity contribution in [3.8, 4) is 0 Å². The van der Waals surface area contributed by atoms with Crippen LogP contribution in [-0.2, 0) is 20.9 Å². The number of carbonyl (C=O) groups excluding carboxylic acids is 2. The molecule has 0 bridgehead atoms. The van der Waals surface area contributed by atoms with Gasteiger partial charge in [-0.05, 0) is 12.1 Å². The predicted octanol–water partition coefficient (Wildman–Crippen LogP) is 0.853. The standard InChI is InChI=1S/C14H16F2N2O5/c15-11(16)5-10(14(21)22)17-13(20)8-4-12(19)18(6-8)7-9-2-1-3-23-9/h1-3,8,10-11H,4-7H2,(H,17,20)(H,21,22). The first-order valence-electron chi connectivity index (χ1n) is 6.98. The zero-order valence-corrected chi connectivity index (χ0v) is 12.1. The summed E-state index contributed by atoms with van der Waals surface area (Å²) >= 11 is 0. The maximum Gasteiger partial charge on any atom is 0.326 e. The SMILES string of the molecule is O=C(NC(CC(F)F)C(=O)O)C1CC(=O)N(Cc2ccco2)C1. The van der Waals surface area contributed by atoms with Crippen LogP contribution < -0.4 is 5.32 Å². The monoisotopic (exact) mass is 330 g/mol. The van der Waals surface area contributed by atoms with Crippen molar-refractivity contribution in [1.29, 1.82) is 0 Å². The number of likely N-dealkylation sites (tertiary alicyclic amines) is 1. The summed E-state index contributed by atoms with van der Waals surface area (Å²) < 4.78 is 29.8. The van der Waals surface area contributed by atoms with Gasteiger partial charge in [-0.25, -0.2) is 13.6 Å². The van der Waals surface area contributed by atoms with Crippen LogP contribution in [0.1, 0.15) is 18.6 Å². The molecule has 0 aromatic carbocycles. The predicted molar refractivity (Wildman–Crippen MR) is 72.4 cm³/mol. The van der Waals surface area contributed by atoms with Crippen molar-refractivity contribution >= 4 is 17.8 Å². The van der Waals surface area contributed by atoms with Crippen LogP contribution in [0.3, 0.4) is 0 Å². The molecule has 0 spiro atoms. The van der Waals surface area contributed by atoms with Crippen molar-refractivity contribution in [3.63, 3.8) is 0 Å². The van der Waals surface area contributed by atoms with E-state index < -0.39 is 36.7 Å². The van der Waals surface area contributed by atoms with Crippen LogP contribution in [0.2, 0.25) is 0 Å². The Labute approximate surface area is 130 Å². The maximum atomic E-state index is 12.3. The molecule has 2 amide bonds. The van der Waals surface area contributed by atoms with Crippen LogP contribution in [0.5, 0.6) is 0 Å². The highest BCUT2D eigenvalue weighted by Gasteiger charge is 2.36. The van der Waals surface area contributed by atoms with Gasteiger partial charge in [0.2, 0.25) is 18.2 Å². The molecule has 1 aliphatic rings. The Balaban J connectivity index is 1.92. The number of furan rings is 1. The van der Waals surface area contributed by atoms with Gasteiger partial charge >= 0.3 is 5.97 Å². The Morgan fingerprint density at radius 2 is 2.22 bits per heavy atom. The summed E-state index contributed by atoms with van der Waals surface area (Å²) in [5, 5.41) is 10.9. The van der Waals surface area contributed by atoms with E-state index in [0.717, 1.165) is 0 Å². The van der Waals surface area contributed by atoms with Gasteiger partial charge in [0.25, 0.3) is 0 Å². The van der Waals surface area contributed by atoms with Crippen LogP contribution in [-0.4, -0.2) is 46.8 Å². The van der Waals surface area contributed by atoms with Crippen molar-refractivity contribution in [2.45, 2.75) is 31.9 Å². The number of nitrogens with zero attached hydrogens (tertiary/aromatic N) is 1. The van der Waals surface area contributed by atoms with E-state index in [1.165, 1.54) is 11.2 Å². The highest BCUT2D eigenvalue weighted by molar-refractivity contribution is 5.91. The van der Waals surface area contributed by atoms with Crippen molar-refractivity contribution in [2.24, 2.45) is 5.92 Å². The second-order valence-electron chi connectivity index (χ2n) is 5.28. The summed E-state index contributed by atoms with van der Waals surface area (Å²) in [6.45, 7) is 0.293. The second kappa shape index (κ2) is 7.21. The maximum absolute atomic E-state index is 12.3. The topological polar surface area (TPSA) is 99.8 Å². The minimum absolute atomic E-state index is 0.0897. The Morgan fingerprint density at radius 1 is 1.48 bits per heavy atom. The zero-order valence-electron chi connectivity index (χ0n) is 12.1. The fraction of sp³-hybridized carbons (Fsp3) is 0.500. The molecule has 2 unspecified atom stereocenters. The molecule has 2 atom stereocenters.